The number of hydrogen-bond acceptors (Lipinski definition) is 1. The van der Waals surface area contributed by atoms with E-state index in [1.165, 1.54) is 25.7 Å². The van der Waals surface area contributed by atoms with Gasteiger partial charge in [-0.2, -0.15) is 0 Å². The SMILES string of the molecule is CC1CCC(CCCOC2C(F)CCC(F)C2Cl)CC1. The Morgan fingerprint density at radius 3 is 2.35 bits per heavy atom. The highest BCUT2D eigenvalue weighted by Gasteiger charge is 2.39. The molecule has 2 aliphatic carbocycles. The molecule has 0 spiro atoms. The molecule has 20 heavy (non-hydrogen) atoms. The molecule has 4 unspecified atom stereocenters. The fourth-order valence-corrected chi connectivity index (χ4v) is 3.81. The Hall–Kier alpha value is 0.110. The maximum Gasteiger partial charge on any atom is 0.128 e. The molecule has 4 atom stereocenters. The van der Waals surface area contributed by atoms with Crippen LogP contribution in [0.25, 0.3) is 0 Å². The Kier molecular flexibility index (Phi) is 6.54. The Balaban J connectivity index is 1.62. The minimum atomic E-state index is -1.13. The molecule has 0 radical (unpaired) electrons. The van der Waals surface area contributed by atoms with Gasteiger partial charge in [-0.25, -0.2) is 8.78 Å². The minimum Gasteiger partial charge on any atom is -0.374 e. The monoisotopic (exact) mass is 308 g/mol. The predicted octanol–water partition coefficient (Wildman–Crippen LogP) is 5.06. The van der Waals surface area contributed by atoms with Crippen LogP contribution < -0.4 is 0 Å². The highest BCUT2D eigenvalue weighted by Crippen LogP contribution is 2.32. The molecule has 0 aromatic rings. The predicted molar refractivity (Wildman–Crippen MR) is 78.8 cm³/mol. The largest absolute Gasteiger partial charge is 0.374 e. The van der Waals surface area contributed by atoms with Crippen molar-refractivity contribution in [3.05, 3.63) is 0 Å². The number of ether oxygens (including phenoxy) is 1. The Morgan fingerprint density at radius 2 is 1.65 bits per heavy atom. The highest BCUT2D eigenvalue weighted by atomic mass is 35.5. The van der Waals surface area contributed by atoms with E-state index in [1.807, 2.05) is 0 Å². The van der Waals surface area contributed by atoms with Crippen molar-refractivity contribution in [2.45, 2.75) is 82.1 Å². The molecule has 0 aromatic carbocycles. The summed E-state index contributed by atoms with van der Waals surface area (Å²) in [7, 11) is 0. The van der Waals surface area contributed by atoms with Gasteiger partial charge in [-0.15, -0.1) is 11.6 Å². The molecule has 4 heteroatoms. The summed E-state index contributed by atoms with van der Waals surface area (Å²) in [5, 5.41) is -0.825. The molecule has 2 rings (SSSR count). The molecule has 0 amide bonds. The van der Waals surface area contributed by atoms with Gasteiger partial charge in [0.15, 0.2) is 0 Å². The van der Waals surface area contributed by atoms with Crippen LogP contribution in [0.2, 0.25) is 0 Å². The van der Waals surface area contributed by atoms with Gasteiger partial charge in [-0.05, 0) is 37.5 Å². The highest BCUT2D eigenvalue weighted by molar-refractivity contribution is 6.21. The van der Waals surface area contributed by atoms with Crippen molar-refractivity contribution in [1.82, 2.24) is 0 Å². The first kappa shape index (κ1) is 16.5. The van der Waals surface area contributed by atoms with Crippen LogP contribution in [0.3, 0.4) is 0 Å². The topological polar surface area (TPSA) is 9.23 Å². The third-order valence-electron chi connectivity index (χ3n) is 4.94. The lowest BCUT2D eigenvalue weighted by Crippen LogP contribution is -2.44. The van der Waals surface area contributed by atoms with Crippen molar-refractivity contribution < 1.29 is 13.5 Å². The van der Waals surface area contributed by atoms with E-state index in [-0.39, 0.29) is 12.8 Å². The quantitative estimate of drug-likeness (QED) is 0.510. The van der Waals surface area contributed by atoms with E-state index in [4.69, 9.17) is 16.3 Å². The molecule has 2 fully saturated rings. The summed E-state index contributed by atoms with van der Waals surface area (Å²) in [5.41, 5.74) is 0. The van der Waals surface area contributed by atoms with Crippen molar-refractivity contribution in [2.24, 2.45) is 11.8 Å². The summed E-state index contributed by atoms with van der Waals surface area (Å²) in [6, 6.07) is 0. The van der Waals surface area contributed by atoms with Crippen LogP contribution in [0.1, 0.15) is 58.3 Å². The average Bonchev–Trinajstić information content (AvgIpc) is 2.44. The second-order valence-electron chi connectivity index (χ2n) is 6.66. The minimum absolute atomic E-state index is 0.218. The van der Waals surface area contributed by atoms with Crippen LogP contribution in [0.4, 0.5) is 8.78 Å². The fraction of sp³-hybridized carbons (Fsp3) is 1.00. The molecule has 118 valence electrons. The molecule has 0 saturated heterocycles. The summed E-state index contributed by atoms with van der Waals surface area (Å²) >= 11 is 5.93. The number of alkyl halides is 3. The first-order chi connectivity index (χ1) is 9.58. The van der Waals surface area contributed by atoms with E-state index in [0.717, 1.165) is 24.7 Å². The van der Waals surface area contributed by atoms with Gasteiger partial charge in [0.05, 0.1) is 5.38 Å². The maximum absolute atomic E-state index is 13.7. The van der Waals surface area contributed by atoms with E-state index >= 15 is 0 Å². The molecule has 1 nitrogen and oxygen atoms in total. The summed E-state index contributed by atoms with van der Waals surface area (Å²) in [6.45, 7) is 2.82. The summed E-state index contributed by atoms with van der Waals surface area (Å²) in [5.74, 6) is 1.67. The van der Waals surface area contributed by atoms with Gasteiger partial charge in [0.25, 0.3) is 0 Å². The van der Waals surface area contributed by atoms with E-state index in [0.29, 0.717) is 6.61 Å². The van der Waals surface area contributed by atoms with Gasteiger partial charge in [0.2, 0.25) is 0 Å². The molecular formula is C16H27ClF2O. The Bertz CT molecular complexity index is 282. The third kappa shape index (κ3) is 4.56. The average molecular weight is 309 g/mol. The van der Waals surface area contributed by atoms with Crippen LogP contribution in [0.5, 0.6) is 0 Å². The lowest BCUT2D eigenvalue weighted by Gasteiger charge is -2.33. The van der Waals surface area contributed by atoms with Crippen molar-refractivity contribution in [1.29, 1.82) is 0 Å². The zero-order chi connectivity index (χ0) is 14.5. The summed E-state index contributed by atoms with van der Waals surface area (Å²) in [4.78, 5) is 0. The second kappa shape index (κ2) is 7.93. The first-order valence-corrected chi connectivity index (χ1v) is 8.55. The smallest absolute Gasteiger partial charge is 0.128 e. The van der Waals surface area contributed by atoms with Gasteiger partial charge in [-0.3, -0.25) is 0 Å². The van der Waals surface area contributed by atoms with Crippen LogP contribution in [-0.2, 0) is 4.74 Å². The van der Waals surface area contributed by atoms with E-state index < -0.39 is 23.8 Å². The Labute approximate surface area is 126 Å². The molecule has 0 aliphatic heterocycles. The first-order valence-electron chi connectivity index (χ1n) is 8.11. The standard InChI is InChI=1S/C16H27ClF2O/c1-11-4-6-12(7-5-11)3-2-10-20-16-14(19)9-8-13(18)15(16)17/h11-16H,2-10H2,1H3. The van der Waals surface area contributed by atoms with Crippen LogP contribution >= 0.6 is 11.6 Å². The lowest BCUT2D eigenvalue weighted by molar-refractivity contribution is -0.0420. The van der Waals surface area contributed by atoms with Crippen molar-refractivity contribution in [3.8, 4) is 0 Å². The second-order valence-corrected chi connectivity index (χ2v) is 7.16. The number of halogens is 3. The van der Waals surface area contributed by atoms with Crippen LogP contribution in [0, 0.1) is 11.8 Å². The van der Waals surface area contributed by atoms with Crippen molar-refractivity contribution >= 4 is 11.6 Å². The van der Waals surface area contributed by atoms with Crippen molar-refractivity contribution in [2.75, 3.05) is 6.61 Å². The van der Waals surface area contributed by atoms with Crippen molar-refractivity contribution in [3.63, 3.8) is 0 Å². The molecule has 0 heterocycles. The van der Waals surface area contributed by atoms with Crippen LogP contribution in [-0.4, -0.2) is 30.4 Å². The number of rotatable bonds is 5. The van der Waals surface area contributed by atoms with E-state index in [1.54, 1.807) is 0 Å². The normalized spacial score (nSPS) is 42.6. The van der Waals surface area contributed by atoms with E-state index in [9.17, 15) is 8.78 Å². The Morgan fingerprint density at radius 1 is 1.00 bits per heavy atom. The molecule has 2 aliphatic rings. The van der Waals surface area contributed by atoms with Gasteiger partial charge in [-0.1, -0.05) is 32.6 Å². The zero-order valence-corrected chi connectivity index (χ0v) is 13.1. The maximum atomic E-state index is 13.7. The molecule has 2 saturated carbocycles. The van der Waals surface area contributed by atoms with Gasteiger partial charge >= 0.3 is 0 Å². The molecule has 0 aromatic heterocycles. The fourth-order valence-electron chi connectivity index (χ4n) is 3.45. The molecule has 0 bridgehead atoms. The van der Waals surface area contributed by atoms with Gasteiger partial charge in [0.1, 0.15) is 18.4 Å². The van der Waals surface area contributed by atoms with Crippen LogP contribution in [0.15, 0.2) is 0 Å². The third-order valence-corrected chi connectivity index (χ3v) is 5.46. The number of hydrogen-bond donors (Lipinski definition) is 0. The summed E-state index contributed by atoms with van der Waals surface area (Å²) in [6.07, 6.45) is 4.79. The lowest BCUT2D eigenvalue weighted by atomic mass is 9.81. The van der Waals surface area contributed by atoms with E-state index in [2.05, 4.69) is 6.92 Å². The molecular weight excluding hydrogens is 282 g/mol. The zero-order valence-electron chi connectivity index (χ0n) is 12.4. The van der Waals surface area contributed by atoms with Gasteiger partial charge in [0, 0.05) is 6.61 Å². The summed E-state index contributed by atoms with van der Waals surface area (Å²) < 4.78 is 32.7. The molecule has 0 N–H and O–H groups in total. The van der Waals surface area contributed by atoms with Gasteiger partial charge < -0.3 is 4.74 Å².